The number of benzene rings is 2. The predicted molar refractivity (Wildman–Crippen MR) is 98.1 cm³/mol. The fourth-order valence-corrected chi connectivity index (χ4v) is 4.38. The van der Waals surface area contributed by atoms with Crippen molar-refractivity contribution in [1.29, 1.82) is 0 Å². The first-order chi connectivity index (χ1) is 8.59. The van der Waals surface area contributed by atoms with E-state index in [1.54, 1.807) is 0 Å². The van der Waals surface area contributed by atoms with Gasteiger partial charge in [-0.05, 0) is 86.0 Å². The van der Waals surface area contributed by atoms with E-state index in [1.165, 1.54) is 0 Å². The van der Waals surface area contributed by atoms with Crippen molar-refractivity contribution in [3.05, 3.63) is 51.3 Å². The summed E-state index contributed by atoms with van der Waals surface area (Å²) in [5, 5.41) is 1.33. The predicted octanol–water partition coefficient (Wildman–Crippen LogP) is 4.76. The molecule has 0 saturated carbocycles. The number of hydrogen-bond donors (Lipinski definition) is 0. The van der Waals surface area contributed by atoms with E-state index in [0.29, 0.717) is 21.9 Å². The third kappa shape index (κ3) is 1.98. The van der Waals surface area contributed by atoms with Crippen LogP contribution in [-0.4, -0.2) is 0 Å². The number of halogens is 3. The van der Waals surface area contributed by atoms with Gasteiger partial charge in [-0.25, -0.2) is 0 Å². The van der Waals surface area contributed by atoms with Gasteiger partial charge in [0.2, 0.25) is 5.43 Å². The summed E-state index contributed by atoms with van der Waals surface area (Å²) in [6, 6.07) is 9.40. The highest BCUT2D eigenvalue weighted by molar-refractivity contribution is 14.1. The lowest BCUT2D eigenvalue weighted by molar-refractivity contribution is 0.657. The van der Waals surface area contributed by atoms with Crippen LogP contribution in [0.4, 0.5) is 0 Å². The largest absolute Gasteiger partial charge is 0.455 e. The molecule has 0 saturated heterocycles. The summed E-state index contributed by atoms with van der Waals surface area (Å²) in [6.07, 6.45) is 0. The highest BCUT2D eigenvalue weighted by Gasteiger charge is 2.15. The zero-order valence-electron chi connectivity index (χ0n) is 8.84. The number of rotatable bonds is 0. The molecule has 0 aliphatic heterocycles. The van der Waals surface area contributed by atoms with Gasteiger partial charge in [-0.15, -0.1) is 0 Å². The second kappa shape index (κ2) is 4.89. The molecule has 0 aliphatic carbocycles. The molecule has 0 atom stereocenters. The van der Waals surface area contributed by atoms with Crippen LogP contribution in [0.15, 0.2) is 39.5 Å². The van der Waals surface area contributed by atoms with Gasteiger partial charge in [0.25, 0.3) is 0 Å². The maximum absolute atomic E-state index is 12.5. The Morgan fingerprint density at radius 2 is 1.72 bits per heavy atom. The second-order valence-electron chi connectivity index (χ2n) is 3.79. The minimum absolute atomic E-state index is 0.0488. The third-order valence-corrected chi connectivity index (χ3v) is 6.50. The topological polar surface area (TPSA) is 30.2 Å². The van der Waals surface area contributed by atoms with Gasteiger partial charge in [0.15, 0.2) is 5.58 Å². The standard InChI is InChI=1S/C13H5I3O2/c14-7-5-8(15)13-10(11(7)16)12(17)6-3-1-2-4-9(6)18-13/h1-5H. The van der Waals surface area contributed by atoms with Gasteiger partial charge >= 0.3 is 0 Å². The minimum Gasteiger partial charge on any atom is -0.455 e. The van der Waals surface area contributed by atoms with E-state index in [9.17, 15) is 4.79 Å². The molecule has 90 valence electrons. The smallest absolute Gasteiger partial charge is 0.201 e. The fraction of sp³-hybridized carbons (Fsp3) is 0. The molecule has 2 aromatic carbocycles. The summed E-state index contributed by atoms with van der Waals surface area (Å²) in [4.78, 5) is 12.5. The van der Waals surface area contributed by atoms with Crippen LogP contribution in [-0.2, 0) is 0 Å². The average Bonchev–Trinajstić information content (AvgIpc) is 2.36. The van der Waals surface area contributed by atoms with Crippen LogP contribution in [0, 0.1) is 10.7 Å². The first kappa shape index (κ1) is 13.1. The average molecular weight is 574 g/mol. The Labute approximate surface area is 144 Å². The van der Waals surface area contributed by atoms with Crippen LogP contribution in [0.5, 0.6) is 0 Å². The molecule has 0 unspecified atom stereocenters. The quantitative estimate of drug-likeness (QED) is 0.221. The van der Waals surface area contributed by atoms with Crippen molar-refractivity contribution in [3.63, 3.8) is 0 Å². The zero-order chi connectivity index (χ0) is 12.9. The van der Waals surface area contributed by atoms with Crippen LogP contribution >= 0.6 is 67.8 Å². The molecule has 3 aromatic rings. The van der Waals surface area contributed by atoms with Gasteiger partial charge in [0, 0.05) is 7.14 Å². The Morgan fingerprint density at radius 1 is 1.00 bits per heavy atom. The molecule has 2 nitrogen and oxygen atoms in total. The Kier molecular flexibility index (Phi) is 3.56. The molecule has 0 spiro atoms. The Balaban J connectivity index is 2.69. The molecule has 3 rings (SSSR count). The summed E-state index contributed by atoms with van der Waals surface area (Å²) in [6.45, 7) is 0. The molecule has 0 bridgehead atoms. The number of fused-ring (bicyclic) bond motifs is 2. The van der Waals surface area contributed by atoms with Gasteiger partial charge in [0.1, 0.15) is 5.58 Å². The van der Waals surface area contributed by atoms with Crippen LogP contribution in [0.25, 0.3) is 21.9 Å². The van der Waals surface area contributed by atoms with E-state index >= 15 is 0 Å². The molecule has 0 N–H and O–H groups in total. The molecule has 1 aromatic heterocycles. The number of hydrogen-bond acceptors (Lipinski definition) is 2. The van der Waals surface area contributed by atoms with Crippen LogP contribution in [0.1, 0.15) is 0 Å². The normalized spacial score (nSPS) is 11.3. The van der Waals surface area contributed by atoms with Gasteiger partial charge in [-0.1, -0.05) is 12.1 Å². The van der Waals surface area contributed by atoms with E-state index < -0.39 is 0 Å². The summed E-state index contributed by atoms with van der Waals surface area (Å²) < 4.78 is 8.88. The molecular weight excluding hydrogens is 569 g/mol. The molecule has 0 amide bonds. The maximum atomic E-state index is 12.5. The minimum atomic E-state index is 0.0488. The molecule has 1 heterocycles. The lowest BCUT2D eigenvalue weighted by atomic mass is 10.1. The van der Waals surface area contributed by atoms with E-state index in [1.807, 2.05) is 30.3 Å². The molecule has 0 fully saturated rings. The molecule has 0 aliphatic rings. The highest BCUT2D eigenvalue weighted by atomic mass is 127. The summed E-state index contributed by atoms with van der Waals surface area (Å²) in [7, 11) is 0. The van der Waals surface area contributed by atoms with Crippen molar-refractivity contribution in [1.82, 2.24) is 0 Å². The zero-order valence-corrected chi connectivity index (χ0v) is 15.3. The fourth-order valence-electron chi connectivity index (χ4n) is 1.87. The Morgan fingerprint density at radius 3 is 2.50 bits per heavy atom. The second-order valence-corrected chi connectivity index (χ2v) is 7.19. The molecule has 0 radical (unpaired) electrons. The number of para-hydroxylation sites is 1. The van der Waals surface area contributed by atoms with Crippen molar-refractivity contribution in [3.8, 4) is 0 Å². The van der Waals surface area contributed by atoms with Crippen LogP contribution in [0.3, 0.4) is 0 Å². The van der Waals surface area contributed by atoms with E-state index in [2.05, 4.69) is 67.8 Å². The van der Waals surface area contributed by atoms with Gasteiger partial charge in [-0.3, -0.25) is 4.79 Å². The maximum Gasteiger partial charge on any atom is 0.201 e. The molecule has 5 heteroatoms. The van der Waals surface area contributed by atoms with Crippen molar-refractivity contribution in [2.45, 2.75) is 0 Å². The lowest BCUT2D eigenvalue weighted by Gasteiger charge is -2.06. The van der Waals surface area contributed by atoms with E-state index in [4.69, 9.17) is 4.42 Å². The van der Waals surface area contributed by atoms with Gasteiger partial charge in [0.05, 0.1) is 14.3 Å². The summed E-state index contributed by atoms with van der Waals surface area (Å²) >= 11 is 6.66. The molecular formula is C13H5I3O2. The third-order valence-electron chi connectivity index (χ3n) is 2.70. The van der Waals surface area contributed by atoms with Crippen molar-refractivity contribution in [2.24, 2.45) is 0 Å². The van der Waals surface area contributed by atoms with Crippen molar-refractivity contribution < 1.29 is 4.42 Å². The lowest BCUT2D eigenvalue weighted by Crippen LogP contribution is -2.05. The summed E-state index contributed by atoms with van der Waals surface area (Å²) in [5.74, 6) is 0. The van der Waals surface area contributed by atoms with Crippen LogP contribution in [0.2, 0.25) is 0 Å². The highest BCUT2D eigenvalue weighted by Crippen LogP contribution is 2.29. The van der Waals surface area contributed by atoms with E-state index in [-0.39, 0.29) is 5.43 Å². The van der Waals surface area contributed by atoms with Gasteiger partial charge in [-0.2, -0.15) is 0 Å². The first-order valence-electron chi connectivity index (χ1n) is 5.08. The van der Waals surface area contributed by atoms with Gasteiger partial charge < -0.3 is 4.42 Å². The monoisotopic (exact) mass is 574 g/mol. The van der Waals surface area contributed by atoms with E-state index in [0.717, 1.165) is 10.7 Å². The first-order valence-corrected chi connectivity index (χ1v) is 8.32. The summed E-state index contributed by atoms with van der Waals surface area (Å²) in [5.41, 5.74) is 1.38. The van der Waals surface area contributed by atoms with Crippen molar-refractivity contribution >= 4 is 89.7 Å². The van der Waals surface area contributed by atoms with Crippen molar-refractivity contribution in [2.75, 3.05) is 0 Å². The SMILES string of the molecule is O=c1c2ccccc2oc2c(I)cc(I)c(I)c12. The Bertz CT molecular complexity index is 837. The Hall–Kier alpha value is 0.100. The van der Waals surface area contributed by atoms with Crippen LogP contribution < -0.4 is 5.43 Å². The molecule has 18 heavy (non-hydrogen) atoms.